The van der Waals surface area contributed by atoms with Gasteiger partial charge in [0.1, 0.15) is 5.75 Å². The van der Waals surface area contributed by atoms with Gasteiger partial charge in [-0.05, 0) is 61.1 Å². The summed E-state index contributed by atoms with van der Waals surface area (Å²) in [6, 6.07) is 28.2. The minimum absolute atomic E-state index is 0.0385. The third-order valence-corrected chi connectivity index (χ3v) is 5.69. The molecule has 3 aromatic carbocycles. The number of benzene rings is 3. The molecule has 1 N–H and O–H groups in total. The average molecular weight is 452 g/mol. The lowest BCUT2D eigenvalue weighted by Gasteiger charge is -2.12. The van der Waals surface area contributed by atoms with Gasteiger partial charge in [0.2, 0.25) is 5.91 Å². The first-order valence-corrected chi connectivity index (χ1v) is 11.6. The minimum Gasteiger partial charge on any atom is -0.497 e. The standard InChI is InChI=1S/C29H29N3O2/c1-34-25-18-16-24(17-19-25)27-21-30-29(26(31-27)20-15-23-11-6-3-7-12-23)32-28(33)14-8-13-22-9-4-2-5-10-22/h2-7,9-12,16-19,21H,8,13-15,20H2,1H3,(H,30,32,33). The summed E-state index contributed by atoms with van der Waals surface area (Å²) in [6.07, 6.45) is 5.31. The molecule has 0 saturated heterocycles. The number of nitrogens with zero attached hydrogens (tertiary/aromatic N) is 2. The first-order chi connectivity index (χ1) is 16.7. The smallest absolute Gasteiger partial charge is 0.225 e. The summed E-state index contributed by atoms with van der Waals surface area (Å²) in [7, 11) is 1.65. The maximum absolute atomic E-state index is 12.7. The van der Waals surface area contributed by atoms with Crippen molar-refractivity contribution in [3.05, 3.63) is 108 Å². The van der Waals surface area contributed by atoms with Gasteiger partial charge in [-0.2, -0.15) is 0 Å². The van der Waals surface area contributed by atoms with Gasteiger partial charge in [0.25, 0.3) is 0 Å². The number of hydrogen-bond donors (Lipinski definition) is 1. The average Bonchev–Trinajstić information content (AvgIpc) is 2.89. The van der Waals surface area contributed by atoms with Crippen molar-refractivity contribution in [1.82, 2.24) is 9.97 Å². The molecule has 0 atom stereocenters. The SMILES string of the molecule is COc1ccc(-c2cnc(NC(=O)CCCc3ccccc3)c(CCc3ccccc3)n2)cc1. The zero-order chi connectivity index (χ0) is 23.6. The van der Waals surface area contributed by atoms with Gasteiger partial charge in [-0.15, -0.1) is 0 Å². The van der Waals surface area contributed by atoms with Crippen molar-refractivity contribution in [2.75, 3.05) is 12.4 Å². The third-order valence-electron chi connectivity index (χ3n) is 5.69. The van der Waals surface area contributed by atoms with Crippen LogP contribution < -0.4 is 10.1 Å². The van der Waals surface area contributed by atoms with E-state index in [1.165, 1.54) is 11.1 Å². The lowest BCUT2D eigenvalue weighted by molar-refractivity contribution is -0.116. The Morgan fingerprint density at radius 3 is 2.12 bits per heavy atom. The van der Waals surface area contributed by atoms with Gasteiger partial charge in [0, 0.05) is 12.0 Å². The topological polar surface area (TPSA) is 64.1 Å². The Labute approximate surface area is 200 Å². The van der Waals surface area contributed by atoms with Crippen molar-refractivity contribution in [2.24, 2.45) is 0 Å². The van der Waals surface area contributed by atoms with Crippen molar-refractivity contribution in [3.8, 4) is 17.0 Å². The molecule has 0 aliphatic rings. The van der Waals surface area contributed by atoms with Crippen molar-refractivity contribution >= 4 is 11.7 Å². The van der Waals surface area contributed by atoms with Crippen molar-refractivity contribution in [2.45, 2.75) is 32.1 Å². The van der Waals surface area contributed by atoms with Crippen molar-refractivity contribution in [1.29, 1.82) is 0 Å². The zero-order valence-corrected chi connectivity index (χ0v) is 19.4. The van der Waals surface area contributed by atoms with Gasteiger partial charge < -0.3 is 10.1 Å². The van der Waals surface area contributed by atoms with Crippen molar-refractivity contribution in [3.63, 3.8) is 0 Å². The van der Waals surface area contributed by atoms with Crippen LogP contribution in [-0.2, 0) is 24.1 Å². The quantitative estimate of drug-likeness (QED) is 0.326. The monoisotopic (exact) mass is 451 g/mol. The molecule has 34 heavy (non-hydrogen) atoms. The largest absolute Gasteiger partial charge is 0.497 e. The van der Waals surface area contributed by atoms with E-state index >= 15 is 0 Å². The summed E-state index contributed by atoms with van der Waals surface area (Å²) in [6.45, 7) is 0. The van der Waals surface area contributed by atoms with Gasteiger partial charge in [-0.3, -0.25) is 4.79 Å². The molecule has 5 nitrogen and oxygen atoms in total. The number of aromatic nitrogens is 2. The van der Waals surface area contributed by atoms with E-state index in [1.54, 1.807) is 13.3 Å². The molecule has 1 aromatic heterocycles. The molecule has 0 fully saturated rings. The Morgan fingerprint density at radius 2 is 1.47 bits per heavy atom. The fraction of sp³-hybridized carbons (Fsp3) is 0.207. The fourth-order valence-electron chi connectivity index (χ4n) is 3.81. The molecule has 0 spiro atoms. The van der Waals surface area contributed by atoms with Crippen LogP contribution in [0.5, 0.6) is 5.75 Å². The van der Waals surface area contributed by atoms with Gasteiger partial charge in [0.05, 0.1) is 24.7 Å². The molecule has 0 saturated carbocycles. The maximum atomic E-state index is 12.7. The summed E-state index contributed by atoms with van der Waals surface area (Å²) < 4.78 is 5.26. The molecule has 4 rings (SSSR count). The maximum Gasteiger partial charge on any atom is 0.225 e. The highest BCUT2D eigenvalue weighted by molar-refractivity contribution is 5.90. The van der Waals surface area contributed by atoms with Crippen LogP contribution in [0.2, 0.25) is 0 Å². The number of nitrogens with one attached hydrogen (secondary N) is 1. The Morgan fingerprint density at radius 1 is 0.824 bits per heavy atom. The van der Waals surface area contributed by atoms with Crippen LogP contribution in [0, 0.1) is 0 Å². The molecule has 0 bridgehead atoms. The number of methoxy groups -OCH3 is 1. The zero-order valence-electron chi connectivity index (χ0n) is 19.4. The Hall–Kier alpha value is -3.99. The highest BCUT2D eigenvalue weighted by atomic mass is 16.5. The van der Waals surface area contributed by atoms with Crippen LogP contribution >= 0.6 is 0 Å². The van der Waals surface area contributed by atoms with E-state index in [-0.39, 0.29) is 5.91 Å². The number of anilines is 1. The third kappa shape index (κ3) is 6.51. The second-order valence-electron chi connectivity index (χ2n) is 8.15. The summed E-state index contributed by atoms with van der Waals surface area (Å²) in [5, 5.41) is 3.00. The van der Waals surface area contributed by atoms with E-state index < -0.39 is 0 Å². The highest BCUT2D eigenvalue weighted by Gasteiger charge is 2.13. The molecule has 0 unspecified atom stereocenters. The molecule has 0 radical (unpaired) electrons. The van der Waals surface area contributed by atoms with E-state index in [0.29, 0.717) is 18.7 Å². The number of ether oxygens (including phenoxy) is 1. The van der Waals surface area contributed by atoms with Gasteiger partial charge in [-0.1, -0.05) is 60.7 Å². The van der Waals surface area contributed by atoms with E-state index in [4.69, 9.17) is 9.72 Å². The minimum atomic E-state index is -0.0385. The van der Waals surface area contributed by atoms with Crippen LogP contribution in [0.25, 0.3) is 11.3 Å². The lowest BCUT2D eigenvalue weighted by Crippen LogP contribution is -2.15. The molecule has 1 amide bonds. The normalized spacial score (nSPS) is 10.6. The molecule has 172 valence electrons. The van der Waals surface area contributed by atoms with Crippen LogP contribution in [0.3, 0.4) is 0 Å². The molecule has 0 aliphatic carbocycles. The Kier molecular flexibility index (Phi) is 8.01. The van der Waals surface area contributed by atoms with Crippen LogP contribution in [-0.4, -0.2) is 23.0 Å². The van der Waals surface area contributed by atoms with Gasteiger partial charge in [0.15, 0.2) is 5.82 Å². The van der Waals surface area contributed by atoms with Gasteiger partial charge >= 0.3 is 0 Å². The van der Waals surface area contributed by atoms with Crippen LogP contribution in [0.15, 0.2) is 91.1 Å². The van der Waals surface area contributed by atoms with Gasteiger partial charge in [-0.25, -0.2) is 9.97 Å². The Bertz CT molecular complexity index is 1190. The van der Waals surface area contributed by atoms with Crippen LogP contribution in [0.4, 0.5) is 5.82 Å². The number of carbonyl (C=O) groups is 1. The first kappa shape index (κ1) is 23.2. The molecular formula is C29H29N3O2. The summed E-state index contributed by atoms with van der Waals surface area (Å²) >= 11 is 0. The summed E-state index contributed by atoms with van der Waals surface area (Å²) in [4.78, 5) is 22.1. The molecule has 0 aliphatic heterocycles. The molecular weight excluding hydrogens is 422 g/mol. The van der Waals surface area contributed by atoms with Crippen molar-refractivity contribution < 1.29 is 9.53 Å². The summed E-state index contributed by atoms with van der Waals surface area (Å²) in [5.74, 6) is 1.29. The lowest BCUT2D eigenvalue weighted by atomic mass is 10.1. The molecule has 1 heterocycles. The molecule has 5 heteroatoms. The first-order valence-electron chi connectivity index (χ1n) is 11.6. The predicted octanol–water partition coefficient (Wildman–Crippen LogP) is 5.90. The second kappa shape index (κ2) is 11.8. The van der Waals surface area contributed by atoms with E-state index in [1.807, 2.05) is 60.7 Å². The number of aryl methyl sites for hydroxylation is 3. The number of hydrogen-bond acceptors (Lipinski definition) is 4. The second-order valence-corrected chi connectivity index (χ2v) is 8.15. The fourth-order valence-corrected chi connectivity index (χ4v) is 3.81. The number of amides is 1. The molecule has 4 aromatic rings. The van der Waals surface area contributed by atoms with E-state index in [2.05, 4.69) is 34.6 Å². The predicted molar refractivity (Wildman–Crippen MR) is 136 cm³/mol. The van der Waals surface area contributed by atoms with E-state index in [0.717, 1.165) is 42.0 Å². The number of carbonyl (C=O) groups excluding carboxylic acids is 1. The Balaban J connectivity index is 1.47. The van der Waals surface area contributed by atoms with E-state index in [9.17, 15) is 4.79 Å². The number of rotatable bonds is 10. The van der Waals surface area contributed by atoms with Crippen LogP contribution in [0.1, 0.15) is 29.7 Å². The highest BCUT2D eigenvalue weighted by Crippen LogP contribution is 2.23. The summed E-state index contributed by atoms with van der Waals surface area (Å²) in [5.41, 5.74) is 4.97.